The zero-order chi connectivity index (χ0) is 13.4. The standard InChI is InChI=1S/C14H18N2OS/c1-11(17)13-6-5-12(10-15)9-14(13)16-7-3-4-8-18-2/h5-6,9,16H,3-4,7-8H2,1-2H3. The maximum Gasteiger partial charge on any atom is 0.161 e. The summed E-state index contributed by atoms with van der Waals surface area (Å²) < 4.78 is 0. The van der Waals surface area contributed by atoms with E-state index in [4.69, 9.17) is 5.26 Å². The van der Waals surface area contributed by atoms with Crippen LogP contribution in [0.25, 0.3) is 0 Å². The summed E-state index contributed by atoms with van der Waals surface area (Å²) in [5.41, 5.74) is 2.00. The van der Waals surface area contributed by atoms with Gasteiger partial charge in [-0.05, 0) is 50.0 Å². The van der Waals surface area contributed by atoms with Crippen LogP contribution in [0.15, 0.2) is 18.2 Å². The van der Waals surface area contributed by atoms with E-state index >= 15 is 0 Å². The summed E-state index contributed by atoms with van der Waals surface area (Å²) in [5.74, 6) is 1.17. The highest BCUT2D eigenvalue weighted by Gasteiger charge is 2.07. The van der Waals surface area contributed by atoms with E-state index in [-0.39, 0.29) is 5.78 Å². The Hall–Kier alpha value is -1.47. The third kappa shape index (κ3) is 4.42. The Balaban J connectivity index is 2.67. The molecule has 1 rings (SSSR count). The van der Waals surface area contributed by atoms with Gasteiger partial charge in [0, 0.05) is 17.8 Å². The molecule has 0 unspecified atom stereocenters. The molecule has 18 heavy (non-hydrogen) atoms. The van der Waals surface area contributed by atoms with Crippen LogP contribution in [0.1, 0.15) is 35.7 Å². The molecule has 96 valence electrons. The molecule has 1 N–H and O–H groups in total. The van der Waals surface area contributed by atoms with Gasteiger partial charge >= 0.3 is 0 Å². The molecule has 0 saturated carbocycles. The molecule has 0 aliphatic carbocycles. The summed E-state index contributed by atoms with van der Waals surface area (Å²) in [5, 5.41) is 12.1. The van der Waals surface area contributed by atoms with Gasteiger partial charge in [0.1, 0.15) is 0 Å². The zero-order valence-electron chi connectivity index (χ0n) is 10.8. The largest absolute Gasteiger partial charge is 0.384 e. The smallest absolute Gasteiger partial charge is 0.161 e. The number of anilines is 1. The molecule has 0 atom stereocenters. The van der Waals surface area contributed by atoms with Gasteiger partial charge in [-0.1, -0.05) is 0 Å². The summed E-state index contributed by atoms with van der Waals surface area (Å²) >= 11 is 1.84. The lowest BCUT2D eigenvalue weighted by atomic mass is 10.1. The number of nitrogens with zero attached hydrogens (tertiary/aromatic N) is 1. The minimum Gasteiger partial charge on any atom is -0.384 e. The molecule has 0 saturated heterocycles. The maximum absolute atomic E-state index is 11.5. The molecule has 0 spiro atoms. The van der Waals surface area contributed by atoms with Crippen molar-refractivity contribution >= 4 is 23.2 Å². The molecule has 0 aliphatic heterocycles. The van der Waals surface area contributed by atoms with E-state index in [0.29, 0.717) is 11.1 Å². The lowest BCUT2D eigenvalue weighted by Crippen LogP contribution is -2.07. The summed E-state index contributed by atoms with van der Waals surface area (Å²) in [6.07, 6.45) is 4.31. The third-order valence-electron chi connectivity index (χ3n) is 2.62. The lowest BCUT2D eigenvalue weighted by molar-refractivity contribution is 0.101. The lowest BCUT2D eigenvalue weighted by Gasteiger charge is -2.10. The second-order valence-electron chi connectivity index (χ2n) is 4.06. The number of hydrogen-bond acceptors (Lipinski definition) is 4. The molecular weight excluding hydrogens is 244 g/mol. The number of ketones is 1. The number of hydrogen-bond donors (Lipinski definition) is 1. The zero-order valence-corrected chi connectivity index (χ0v) is 11.6. The monoisotopic (exact) mass is 262 g/mol. The Kier molecular flexibility index (Phi) is 6.31. The van der Waals surface area contributed by atoms with Crippen molar-refractivity contribution in [2.45, 2.75) is 19.8 Å². The van der Waals surface area contributed by atoms with Crippen LogP contribution < -0.4 is 5.32 Å². The van der Waals surface area contributed by atoms with Crippen LogP contribution in [-0.2, 0) is 0 Å². The summed E-state index contributed by atoms with van der Waals surface area (Å²) in [4.78, 5) is 11.5. The van der Waals surface area contributed by atoms with Gasteiger partial charge in [-0.2, -0.15) is 17.0 Å². The van der Waals surface area contributed by atoms with Crippen LogP contribution >= 0.6 is 11.8 Å². The summed E-state index contributed by atoms with van der Waals surface area (Å²) in [7, 11) is 0. The Bertz CT molecular complexity index is 452. The molecular formula is C14H18N2OS. The van der Waals surface area contributed by atoms with E-state index in [1.165, 1.54) is 0 Å². The fourth-order valence-electron chi connectivity index (χ4n) is 1.66. The van der Waals surface area contributed by atoms with Crippen LogP contribution in [0.3, 0.4) is 0 Å². The van der Waals surface area contributed by atoms with Crippen LogP contribution in [-0.4, -0.2) is 24.3 Å². The molecule has 0 fully saturated rings. The maximum atomic E-state index is 11.5. The number of Topliss-reactive ketones (excluding diaryl/α,β-unsaturated/α-hetero) is 1. The predicted molar refractivity (Wildman–Crippen MR) is 77.3 cm³/mol. The summed E-state index contributed by atoms with van der Waals surface area (Å²) in [6.45, 7) is 2.37. The molecule has 1 aromatic rings. The van der Waals surface area contributed by atoms with Crippen LogP contribution in [0.2, 0.25) is 0 Å². The van der Waals surface area contributed by atoms with Gasteiger partial charge < -0.3 is 5.32 Å². The van der Waals surface area contributed by atoms with Crippen LogP contribution in [0, 0.1) is 11.3 Å². The van der Waals surface area contributed by atoms with Gasteiger partial charge in [-0.3, -0.25) is 4.79 Å². The number of rotatable bonds is 7. The topological polar surface area (TPSA) is 52.9 Å². The third-order valence-corrected chi connectivity index (χ3v) is 3.32. The predicted octanol–water partition coefficient (Wildman–Crippen LogP) is 3.32. The highest BCUT2D eigenvalue weighted by molar-refractivity contribution is 7.98. The SMILES string of the molecule is CSCCCCNc1cc(C#N)ccc1C(C)=O. The van der Waals surface area contributed by atoms with E-state index in [9.17, 15) is 4.79 Å². The Morgan fingerprint density at radius 3 is 2.83 bits per heavy atom. The van der Waals surface area contributed by atoms with E-state index in [1.807, 2.05) is 11.8 Å². The molecule has 0 heterocycles. The normalized spacial score (nSPS) is 9.83. The number of carbonyl (C=O) groups excluding carboxylic acids is 1. The van der Waals surface area contributed by atoms with Gasteiger partial charge in [0.2, 0.25) is 0 Å². The van der Waals surface area contributed by atoms with Crippen molar-refractivity contribution in [2.75, 3.05) is 23.9 Å². The average Bonchev–Trinajstić information content (AvgIpc) is 2.38. The van der Waals surface area contributed by atoms with Crippen LogP contribution in [0.5, 0.6) is 0 Å². The molecule has 0 radical (unpaired) electrons. The molecule has 0 aromatic heterocycles. The molecule has 1 aromatic carbocycles. The molecule has 0 aliphatic rings. The van der Waals surface area contributed by atoms with Gasteiger partial charge in [-0.15, -0.1) is 0 Å². The number of unbranched alkanes of at least 4 members (excludes halogenated alkanes) is 1. The van der Waals surface area contributed by atoms with Gasteiger partial charge in [0.05, 0.1) is 11.6 Å². The summed E-state index contributed by atoms with van der Waals surface area (Å²) in [6, 6.07) is 7.22. The van der Waals surface area contributed by atoms with Gasteiger partial charge in [0.15, 0.2) is 5.78 Å². The number of nitrogens with one attached hydrogen (secondary N) is 1. The van der Waals surface area contributed by atoms with Crippen LogP contribution in [0.4, 0.5) is 5.69 Å². The van der Waals surface area contributed by atoms with Crippen molar-refractivity contribution in [3.8, 4) is 6.07 Å². The molecule has 0 bridgehead atoms. The first-order valence-electron chi connectivity index (χ1n) is 5.97. The average molecular weight is 262 g/mol. The Morgan fingerprint density at radius 1 is 1.44 bits per heavy atom. The fraction of sp³-hybridized carbons (Fsp3) is 0.429. The van der Waals surface area contributed by atoms with E-state index in [1.54, 1.807) is 25.1 Å². The van der Waals surface area contributed by atoms with Crippen molar-refractivity contribution in [3.63, 3.8) is 0 Å². The van der Waals surface area contributed by atoms with E-state index < -0.39 is 0 Å². The second-order valence-corrected chi connectivity index (χ2v) is 5.04. The number of carbonyl (C=O) groups is 1. The number of nitriles is 1. The fourth-order valence-corrected chi connectivity index (χ4v) is 2.15. The van der Waals surface area contributed by atoms with Crippen molar-refractivity contribution in [3.05, 3.63) is 29.3 Å². The second kappa shape index (κ2) is 7.78. The Labute approximate surface area is 113 Å². The first kappa shape index (κ1) is 14.6. The van der Waals surface area contributed by atoms with Gasteiger partial charge in [0.25, 0.3) is 0 Å². The first-order valence-corrected chi connectivity index (χ1v) is 7.36. The molecule has 0 amide bonds. The highest BCUT2D eigenvalue weighted by Crippen LogP contribution is 2.18. The number of benzene rings is 1. The first-order chi connectivity index (χ1) is 8.69. The van der Waals surface area contributed by atoms with Crippen molar-refractivity contribution < 1.29 is 4.79 Å². The number of thioether (sulfide) groups is 1. The van der Waals surface area contributed by atoms with Crippen molar-refractivity contribution in [2.24, 2.45) is 0 Å². The van der Waals surface area contributed by atoms with E-state index in [0.717, 1.165) is 30.8 Å². The molecule has 4 heteroatoms. The minimum absolute atomic E-state index is 0.0195. The molecule has 3 nitrogen and oxygen atoms in total. The van der Waals surface area contributed by atoms with Crippen molar-refractivity contribution in [1.82, 2.24) is 0 Å². The highest BCUT2D eigenvalue weighted by atomic mass is 32.2. The minimum atomic E-state index is 0.0195. The Morgan fingerprint density at radius 2 is 2.22 bits per heavy atom. The van der Waals surface area contributed by atoms with E-state index in [2.05, 4.69) is 17.6 Å². The van der Waals surface area contributed by atoms with Gasteiger partial charge in [-0.25, -0.2) is 0 Å². The quantitative estimate of drug-likeness (QED) is 0.605. The van der Waals surface area contributed by atoms with Crippen molar-refractivity contribution in [1.29, 1.82) is 5.26 Å².